The maximum atomic E-state index is 11.3. The van der Waals surface area contributed by atoms with Gasteiger partial charge in [-0.1, -0.05) is 6.42 Å². The fourth-order valence-electron chi connectivity index (χ4n) is 1.15. The molecule has 1 aliphatic rings. The van der Waals surface area contributed by atoms with E-state index in [-0.39, 0.29) is 25.0 Å². The Morgan fingerprint density at radius 3 is 2.62 bits per heavy atom. The maximum absolute atomic E-state index is 11.3. The molecule has 4 heteroatoms. The van der Waals surface area contributed by atoms with E-state index in [1.165, 1.54) is 6.92 Å². The lowest BCUT2D eigenvalue weighted by Gasteiger charge is -2.27. The van der Waals surface area contributed by atoms with Crippen molar-refractivity contribution >= 4 is 5.91 Å². The molecule has 1 amide bonds. The van der Waals surface area contributed by atoms with Gasteiger partial charge < -0.3 is 15.5 Å². The molecule has 4 nitrogen and oxygen atoms in total. The van der Waals surface area contributed by atoms with Gasteiger partial charge in [-0.25, -0.2) is 0 Å². The molecule has 0 radical (unpaired) electrons. The molecule has 0 aliphatic heterocycles. The van der Waals surface area contributed by atoms with Crippen molar-refractivity contribution in [2.24, 2.45) is 5.92 Å². The second kappa shape index (κ2) is 4.07. The lowest BCUT2D eigenvalue weighted by Crippen LogP contribution is -2.46. The van der Waals surface area contributed by atoms with Crippen molar-refractivity contribution in [2.45, 2.75) is 31.8 Å². The van der Waals surface area contributed by atoms with Crippen LogP contribution in [0.15, 0.2) is 0 Å². The van der Waals surface area contributed by atoms with Crippen molar-refractivity contribution in [3.8, 4) is 0 Å². The van der Waals surface area contributed by atoms with Crippen LogP contribution >= 0.6 is 0 Å². The van der Waals surface area contributed by atoms with Crippen molar-refractivity contribution in [1.82, 2.24) is 5.32 Å². The van der Waals surface area contributed by atoms with Gasteiger partial charge in [-0.15, -0.1) is 0 Å². The van der Waals surface area contributed by atoms with E-state index < -0.39 is 5.60 Å². The molecule has 0 aromatic rings. The fourth-order valence-corrected chi connectivity index (χ4v) is 1.15. The molecular weight excluding hydrogens is 170 g/mol. The molecule has 0 saturated heterocycles. The Balaban J connectivity index is 2.21. The number of rotatable bonds is 4. The topological polar surface area (TPSA) is 69.6 Å². The number of carbonyl (C=O) groups is 1. The van der Waals surface area contributed by atoms with E-state index in [1.807, 2.05) is 0 Å². The van der Waals surface area contributed by atoms with E-state index in [4.69, 9.17) is 5.11 Å². The van der Waals surface area contributed by atoms with E-state index in [9.17, 15) is 9.90 Å². The summed E-state index contributed by atoms with van der Waals surface area (Å²) >= 11 is 0. The highest BCUT2D eigenvalue weighted by Crippen LogP contribution is 2.26. The monoisotopic (exact) mass is 187 g/mol. The molecule has 0 spiro atoms. The Bertz CT molecular complexity index is 187. The largest absolute Gasteiger partial charge is 0.393 e. The SMILES string of the molecule is CC(O)(CO)CNC(=O)C1CCC1. The van der Waals surface area contributed by atoms with Gasteiger partial charge in [0.2, 0.25) is 5.91 Å². The second-order valence-corrected chi connectivity index (χ2v) is 4.00. The fraction of sp³-hybridized carbons (Fsp3) is 0.889. The van der Waals surface area contributed by atoms with Crippen LogP contribution in [-0.4, -0.2) is 34.9 Å². The zero-order chi connectivity index (χ0) is 9.90. The first-order valence-electron chi connectivity index (χ1n) is 4.66. The summed E-state index contributed by atoms with van der Waals surface area (Å²) in [6.07, 6.45) is 3.02. The van der Waals surface area contributed by atoms with Crippen molar-refractivity contribution in [1.29, 1.82) is 0 Å². The number of aliphatic hydroxyl groups is 2. The third-order valence-electron chi connectivity index (χ3n) is 2.46. The molecule has 0 aromatic heterocycles. The lowest BCUT2D eigenvalue weighted by atomic mass is 9.85. The lowest BCUT2D eigenvalue weighted by molar-refractivity contribution is -0.128. The molecule has 1 saturated carbocycles. The minimum Gasteiger partial charge on any atom is -0.393 e. The van der Waals surface area contributed by atoms with E-state index >= 15 is 0 Å². The quantitative estimate of drug-likeness (QED) is 0.563. The van der Waals surface area contributed by atoms with E-state index in [0.29, 0.717) is 0 Å². The Morgan fingerprint density at radius 1 is 1.62 bits per heavy atom. The van der Waals surface area contributed by atoms with E-state index in [2.05, 4.69) is 5.32 Å². The van der Waals surface area contributed by atoms with Gasteiger partial charge in [-0.05, 0) is 19.8 Å². The number of hydrogen-bond acceptors (Lipinski definition) is 3. The van der Waals surface area contributed by atoms with Crippen molar-refractivity contribution in [3.05, 3.63) is 0 Å². The van der Waals surface area contributed by atoms with E-state index in [0.717, 1.165) is 19.3 Å². The smallest absolute Gasteiger partial charge is 0.223 e. The second-order valence-electron chi connectivity index (χ2n) is 4.00. The first kappa shape index (κ1) is 10.5. The number of amides is 1. The first-order valence-corrected chi connectivity index (χ1v) is 4.66. The van der Waals surface area contributed by atoms with Crippen LogP contribution < -0.4 is 5.32 Å². The number of nitrogens with one attached hydrogen (secondary N) is 1. The Kier molecular flexibility index (Phi) is 3.27. The summed E-state index contributed by atoms with van der Waals surface area (Å²) < 4.78 is 0. The van der Waals surface area contributed by atoms with Crippen LogP contribution in [0, 0.1) is 5.92 Å². The molecule has 3 N–H and O–H groups in total. The van der Waals surface area contributed by atoms with Crippen LogP contribution in [0.4, 0.5) is 0 Å². The summed E-state index contributed by atoms with van der Waals surface area (Å²) in [5.41, 5.74) is -1.20. The molecule has 1 unspecified atom stereocenters. The molecular formula is C9H17NO3. The Hall–Kier alpha value is -0.610. The van der Waals surface area contributed by atoms with Gasteiger partial charge in [-0.2, -0.15) is 0 Å². The highest BCUT2D eigenvalue weighted by molar-refractivity contribution is 5.79. The van der Waals surface area contributed by atoms with Gasteiger partial charge in [-0.3, -0.25) is 4.79 Å². The number of aliphatic hydroxyl groups excluding tert-OH is 1. The van der Waals surface area contributed by atoms with Crippen molar-refractivity contribution in [3.63, 3.8) is 0 Å². The Labute approximate surface area is 78.0 Å². The summed E-state index contributed by atoms with van der Waals surface area (Å²) in [6.45, 7) is 1.28. The van der Waals surface area contributed by atoms with Gasteiger partial charge in [0.25, 0.3) is 0 Å². The summed E-state index contributed by atoms with van der Waals surface area (Å²) in [6, 6.07) is 0. The predicted molar refractivity (Wildman–Crippen MR) is 48.1 cm³/mol. The van der Waals surface area contributed by atoms with Crippen LogP contribution in [0.25, 0.3) is 0 Å². The van der Waals surface area contributed by atoms with Crippen molar-refractivity contribution in [2.75, 3.05) is 13.2 Å². The van der Waals surface area contributed by atoms with Crippen LogP contribution in [0.3, 0.4) is 0 Å². The molecule has 76 valence electrons. The van der Waals surface area contributed by atoms with Gasteiger partial charge in [0.1, 0.15) is 5.60 Å². The van der Waals surface area contributed by atoms with Crippen LogP contribution in [-0.2, 0) is 4.79 Å². The highest BCUT2D eigenvalue weighted by Gasteiger charge is 2.27. The highest BCUT2D eigenvalue weighted by atomic mass is 16.3. The zero-order valence-electron chi connectivity index (χ0n) is 7.92. The zero-order valence-corrected chi connectivity index (χ0v) is 7.92. The molecule has 13 heavy (non-hydrogen) atoms. The molecule has 1 fully saturated rings. The first-order chi connectivity index (χ1) is 6.05. The summed E-state index contributed by atoms with van der Waals surface area (Å²) in [7, 11) is 0. The summed E-state index contributed by atoms with van der Waals surface area (Å²) in [5.74, 6) is 0.134. The van der Waals surface area contributed by atoms with Gasteiger partial charge >= 0.3 is 0 Å². The van der Waals surface area contributed by atoms with Gasteiger partial charge in [0.05, 0.1) is 6.61 Å². The van der Waals surface area contributed by atoms with Crippen LogP contribution in [0.5, 0.6) is 0 Å². The average molecular weight is 187 g/mol. The Morgan fingerprint density at radius 2 is 2.23 bits per heavy atom. The van der Waals surface area contributed by atoms with Crippen molar-refractivity contribution < 1.29 is 15.0 Å². The van der Waals surface area contributed by atoms with E-state index in [1.54, 1.807) is 0 Å². The number of hydrogen-bond donors (Lipinski definition) is 3. The van der Waals surface area contributed by atoms with Crippen LogP contribution in [0.1, 0.15) is 26.2 Å². The number of carbonyl (C=O) groups excluding carboxylic acids is 1. The maximum Gasteiger partial charge on any atom is 0.223 e. The molecule has 1 rings (SSSR count). The summed E-state index contributed by atoms with van der Waals surface area (Å²) in [4.78, 5) is 11.3. The molecule has 0 aromatic carbocycles. The predicted octanol–water partition coefficient (Wildman–Crippen LogP) is -0.354. The minimum absolute atomic E-state index is 0.0000231. The van der Waals surface area contributed by atoms with Gasteiger partial charge in [0.15, 0.2) is 0 Å². The standard InChI is InChI=1S/C9H17NO3/c1-9(13,6-11)5-10-8(12)7-3-2-4-7/h7,11,13H,2-6H2,1H3,(H,10,12). The minimum atomic E-state index is -1.20. The third-order valence-corrected chi connectivity index (χ3v) is 2.46. The molecule has 1 atom stereocenters. The molecule has 0 heterocycles. The third kappa shape index (κ3) is 2.97. The molecule has 0 bridgehead atoms. The summed E-state index contributed by atoms with van der Waals surface area (Å²) in [5, 5.41) is 20.7. The van der Waals surface area contributed by atoms with Crippen LogP contribution in [0.2, 0.25) is 0 Å². The molecule has 1 aliphatic carbocycles. The normalized spacial score (nSPS) is 21.8. The van der Waals surface area contributed by atoms with Gasteiger partial charge in [0, 0.05) is 12.5 Å². The average Bonchev–Trinajstić information content (AvgIpc) is 1.98.